The molecule has 1 aromatic heterocycles. The highest BCUT2D eigenvalue weighted by atomic mass is 32.1. The van der Waals surface area contributed by atoms with Gasteiger partial charge in [0.15, 0.2) is 0 Å². The van der Waals surface area contributed by atoms with Gasteiger partial charge in [0.2, 0.25) is 0 Å². The Morgan fingerprint density at radius 1 is 1.50 bits per heavy atom. The number of piperidine rings is 1. The third kappa shape index (κ3) is 3.27. The second-order valence-corrected chi connectivity index (χ2v) is 5.43. The van der Waals surface area contributed by atoms with Crippen LogP contribution in [0, 0.1) is 0 Å². The molecule has 1 N–H and O–H groups in total. The first-order chi connectivity index (χ1) is 7.78. The number of rotatable bonds is 4. The molecule has 4 heteroatoms. The molecule has 1 saturated heterocycles. The van der Waals surface area contributed by atoms with Crippen LogP contribution >= 0.6 is 11.3 Å². The number of likely N-dealkylation sites (tertiary alicyclic amines) is 1. The molecule has 0 atom stereocenters. The van der Waals surface area contributed by atoms with E-state index in [9.17, 15) is 5.11 Å². The average Bonchev–Trinajstić information content (AvgIpc) is 2.70. The molecule has 2 rings (SSSR count). The van der Waals surface area contributed by atoms with Crippen LogP contribution in [0.15, 0.2) is 5.38 Å². The summed E-state index contributed by atoms with van der Waals surface area (Å²) in [6, 6.07) is 0. The van der Waals surface area contributed by atoms with Crippen LogP contribution in [0.5, 0.6) is 0 Å². The van der Waals surface area contributed by atoms with Crippen molar-refractivity contribution in [2.45, 2.75) is 45.3 Å². The molecular weight excluding hydrogens is 220 g/mol. The van der Waals surface area contributed by atoms with Crippen molar-refractivity contribution in [1.29, 1.82) is 0 Å². The highest BCUT2D eigenvalue weighted by Crippen LogP contribution is 2.16. The maximum atomic E-state index is 9.43. The Kier molecular flexibility index (Phi) is 4.32. The van der Waals surface area contributed by atoms with E-state index in [-0.39, 0.29) is 6.10 Å². The van der Waals surface area contributed by atoms with Crippen molar-refractivity contribution >= 4 is 11.3 Å². The van der Waals surface area contributed by atoms with Crippen LogP contribution in [0.25, 0.3) is 0 Å². The summed E-state index contributed by atoms with van der Waals surface area (Å²) in [4.78, 5) is 7.01. The van der Waals surface area contributed by atoms with Gasteiger partial charge in [-0.15, -0.1) is 11.3 Å². The number of aryl methyl sites for hydroxylation is 1. The zero-order valence-corrected chi connectivity index (χ0v) is 10.7. The summed E-state index contributed by atoms with van der Waals surface area (Å²) in [7, 11) is 0. The highest BCUT2D eigenvalue weighted by molar-refractivity contribution is 7.09. The molecule has 3 nitrogen and oxygen atoms in total. The molecule has 0 aromatic carbocycles. The fourth-order valence-corrected chi connectivity index (χ4v) is 2.95. The fourth-order valence-electron chi connectivity index (χ4n) is 2.06. The van der Waals surface area contributed by atoms with Crippen molar-refractivity contribution in [2.75, 3.05) is 13.1 Å². The van der Waals surface area contributed by atoms with Crippen molar-refractivity contribution in [3.63, 3.8) is 0 Å². The lowest BCUT2D eigenvalue weighted by atomic mass is 10.1. The van der Waals surface area contributed by atoms with Crippen molar-refractivity contribution in [1.82, 2.24) is 9.88 Å². The first-order valence-electron chi connectivity index (χ1n) is 6.11. The standard InChI is InChI=1S/C12H20N2OS/c1-2-3-12-13-10(9-16-12)8-14-6-4-11(15)5-7-14/h9,11,15H,2-8H2,1H3. The third-order valence-corrected chi connectivity index (χ3v) is 3.96. The highest BCUT2D eigenvalue weighted by Gasteiger charge is 2.17. The van der Waals surface area contributed by atoms with Gasteiger partial charge in [-0.1, -0.05) is 6.92 Å². The van der Waals surface area contributed by atoms with Crippen LogP contribution < -0.4 is 0 Å². The average molecular weight is 240 g/mol. The Labute approximate surface area is 101 Å². The van der Waals surface area contributed by atoms with E-state index in [0.717, 1.165) is 38.9 Å². The third-order valence-electron chi connectivity index (χ3n) is 3.01. The summed E-state index contributed by atoms with van der Waals surface area (Å²) >= 11 is 1.78. The van der Waals surface area contributed by atoms with Gasteiger partial charge in [0, 0.05) is 25.0 Å². The Balaban J connectivity index is 1.83. The van der Waals surface area contributed by atoms with E-state index in [4.69, 9.17) is 0 Å². The largest absolute Gasteiger partial charge is 0.393 e. The summed E-state index contributed by atoms with van der Waals surface area (Å²) in [6.07, 6.45) is 4.01. The molecule has 0 aliphatic carbocycles. The lowest BCUT2D eigenvalue weighted by Crippen LogP contribution is -2.35. The second kappa shape index (κ2) is 5.75. The molecule has 0 amide bonds. The molecule has 0 unspecified atom stereocenters. The molecule has 16 heavy (non-hydrogen) atoms. The molecule has 1 fully saturated rings. The molecule has 1 aromatic rings. The van der Waals surface area contributed by atoms with Gasteiger partial charge < -0.3 is 5.11 Å². The van der Waals surface area contributed by atoms with E-state index >= 15 is 0 Å². The molecule has 0 spiro atoms. The van der Waals surface area contributed by atoms with Crippen LogP contribution in [0.4, 0.5) is 0 Å². The Morgan fingerprint density at radius 2 is 2.25 bits per heavy atom. The predicted octanol–water partition coefficient (Wildman–Crippen LogP) is 2.05. The van der Waals surface area contributed by atoms with Crippen molar-refractivity contribution in [2.24, 2.45) is 0 Å². The van der Waals surface area contributed by atoms with E-state index in [1.165, 1.54) is 17.1 Å². The van der Waals surface area contributed by atoms with E-state index < -0.39 is 0 Å². The lowest BCUT2D eigenvalue weighted by Gasteiger charge is -2.28. The number of thiazole rings is 1. The zero-order chi connectivity index (χ0) is 11.4. The van der Waals surface area contributed by atoms with Crippen LogP contribution in [0.3, 0.4) is 0 Å². The molecule has 0 bridgehead atoms. The molecule has 90 valence electrons. The number of aromatic nitrogens is 1. The van der Waals surface area contributed by atoms with Gasteiger partial charge >= 0.3 is 0 Å². The van der Waals surface area contributed by atoms with E-state index in [1.54, 1.807) is 11.3 Å². The second-order valence-electron chi connectivity index (χ2n) is 4.49. The topological polar surface area (TPSA) is 36.4 Å². The Bertz CT molecular complexity index is 319. The molecule has 0 radical (unpaired) electrons. The van der Waals surface area contributed by atoms with E-state index in [2.05, 4.69) is 22.2 Å². The summed E-state index contributed by atoms with van der Waals surface area (Å²) in [6.45, 7) is 5.14. The van der Waals surface area contributed by atoms with Crippen molar-refractivity contribution < 1.29 is 5.11 Å². The van der Waals surface area contributed by atoms with Gasteiger partial charge in [0.1, 0.15) is 0 Å². The maximum absolute atomic E-state index is 9.43. The Hall–Kier alpha value is -0.450. The minimum absolute atomic E-state index is 0.0812. The SMILES string of the molecule is CCCc1nc(CN2CCC(O)CC2)cs1. The zero-order valence-electron chi connectivity index (χ0n) is 9.85. The van der Waals surface area contributed by atoms with Gasteiger partial charge in [0.25, 0.3) is 0 Å². The molecule has 1 aliphatic rings. The van der Waals surface area contributed by atoms with Crippen molar-refractivity contribution in [3.05, 3.63) is 16.1 Å². The summed E-state index contributed by atoms with van der Waals surface area (Å²) in [5.74, 6) is 0. The fraction of sp³-hybridized carbons (Fsp3) is 0.750. The summed E-state index contributed by atoms with van der Waals surface area (Å²) in [5, 5.41) is 12.9. The minimum atomic E-state index is -0.0812. The quantitative estimate of drug-likeness (QED) is 0.875. The minimum Gasteiger partial charge on any atom is -0.393 e. The lowest BCUT2D eigenvalue weighted by molar-refractivity contribution is 0.0787. The van der Waals surface area contributed by atoms with Gasteiger partial charge in [-0.2, -0.15) is 0 Å². The smallest absolute Gasteiger partial charge is 0.0928 e. The van der Waals surface area contributed by atoms with E-state index in [0.29, 0.717) is 0 Å². The monoisotopic (exact) mass is 240 g/mol. The van der Waals surface area contributed by atoms with E-state index in [1.807, 2.05) is 0 Å². The number of aliphatic hydroxyl groups excluding tert-OH is 1. The Morgan fingerprint density at radius 3 is 2.94 bits per heavy atom. The van der Waals surface area contributed by atoms with Crippen LogP contribution in [0.1, 0.15) is 36.9 Å². The summed E-state index contributed by atoms with van der Waals surface area (Å²) < 4.78 is 0. The first kappa shape index (κ1) is 12.0. The molecular formula is C12H20N2OS. The van der Waals surface area contributed by atoms with Crippen LogP contribution in [-0.4, -0.2) is 34.2 Å². The molecule has 2 heterocycles. The summed E-state index contributed by atoms with van der Waals surface area (Å²) in [5.41, 5.74) is 1.20. The number of aliphatic hydroxyl groups is 1. The van der Waals surface area contributed by atoms with Crippen LogP contribution in [-0.2, 0) is 13.0 Å². The van der Waals surface area contributed by atoms with Gasteiger partial charge in [0.05, 0.1) is 16.8 Å². The maximum Gasteiger partial charge on any atom is 0.0928 e. The van der Waals surface area contributed by atoms with Gasteiger partial charge in [-0.25, -0.2) is 4.98 Å². The molecule has 0 saturated carbocycles. The number of hydrogen-bond acceptors (Lipinski definition) is 4. The first-order valence-corrected chi connectivity index (χ1v) is 6.99. The molecule has 1 aliphatic heterocycles. The number of hydrogen-bond donors (Lipinski definition) is 1. The van der Waals surface area contributed by atoms with Crippen LogP contribution in [0.2, 0.25) is 0 Å². The van der Waals surface area contributed by atoms with Gasteiger partial charge in [-0.05, 0) is 25.7 Å². The predicted molar refractivity (Wildman–Crippen MR) is 66.6 cm³/mol. The normalized spacial score (nSPS) is 19.1. The van der Waals surface area contributed by atoms with Gasteiger partial charge in [-0.3, -0.25) is 4.90 Å². The van der Waals surface area contributed by atoms with Crippen molar-refractivity contribution in [3.8, 4) is 0 Å². The number of nitrogens with zero attached hydrogens (tertiary/aromatic N) is 2.